The van der Waals surface area contributed by atoms with Crippen LogP contribution in [0.3, 0.4) is 0 Å². The van der Waals surface area contributed by atoms with Crippen LogP contribution in [0.5, 0.6) is 0 Å². The second-order valence-corrected chi connectivity index (χ2v) is 3.50. The van der Waals surface area contributed by atoms with E-state index in [4.69, 9.17) is 10.8 Å². The number of hydrogen-bond donors (Lipinski definition) is 1. The van der Waals surface area contributed by atoms with E-state index < -0.39 is 0 Å². The van der Waals surface area contributed by atoms with Gasteiger partial charge in [-0.1, -0.05) is 18.1 Å². The molecule has 2 aromatic rings. The fourth-order valence-corrected chi connectivity index (χ4v) is 1.61. The maximum atomic E-state index is 5.39. The lowest BCUT2D eigenvalue weighted by atomic mass is 10.1. The lowest BCUT2D eigenvalue weighted by Crippen LogP contribution is -2.25. The predicted octanol–water partition coefficient (Wildman–Crippen LogP) is 2.20. The number of terminal acetylenes is 1. The van der Waals surface area contributed by atoms with Crippen molar-refractivity contribution in [2.45, 2.75) is 12.5 Å². The van der Waals surface area contributed by atoms with Gasteiger partial charge >= 0.3 is 0 Å². The minimum atomic E-state index is 0.0809. The fourth-order valence-electron chi connectivity index (χ4n) is 1.61. The highest BCUT2D eigenvalue weighted by atomic mass is 16.3. The lowest BCUT2D eigenvalue weighted by Gasteiger charge is -2.08. The Bertz CT molecular complexity index is 492. The average molecular weight is 199 g/mol. The van der Waals surface area contributed by atoms with Gasteiger partial charge in [0.25, 0.3) is 0 Å². The molecular weight excluding hydrogens is 186 g/mol. The van der Waals surface area contributed by atoms with Crippen LogP contribution in [0.2, 0.25) is 0 Å². The van der Waals surface area contributed by atoms with Gasteiger partial charge in [-0.3, -0.25) is 0 Å². The van der Waals surface area contributed by atoms with Crippen LogP contribution in [0.15, 0.2) is 34.9 Å². The topological polar surface area (TPSA) is 25.2 Å². The van der Waals surface area contributed by atoms with Gasteiger partial charge in [-0.25, -0.2) is 0 Å². The van der Waals surface area contributed by atoms with E-state index in [0.29, 0.717) is 0 Å². The van der Waals surface area contributed by atoms with E-state index in [1.54, 1.807) is 6.26 Å². The smallest absolute Gasteiger partial charge is 0.134 e. The zero-order valence-electron chi connectivity index (χ0n) is 8.66. The number of rotatable bonds is 3. The van der Waals surface area contributed by atoms with Crippen molar-refractivity contribution in [3.05, 3.63) is 36.1 Å². The Balaban J connectivity index is 2.25. The summed E-state index contributed by atoms with van der Waals surface area (Å²) in [6.07, 6.45) is 7.91. The zero-order chi connectivity index (χ0) is 10.7. The zero-order valence-corrected chi connectivity index (χ0v) is 8.66. The van der Waals surface area contributed by atoms with Crippen LogP contribution in [0.4, 0.5) is 0 Å². The first-order valence-corrected chi connectivity index (χ1v) is 4.93. The Morgan fingerprint density at radius 1 is 1.47 bits per heavy atom. The van der Waals surface area contributed by atoms with E-state index in [1.807, 2.05) is 19.2 Å². The molecule has 0 aliphatic carbocycles. The Kier molecular flexibility index (Phi) is 2.75. The van der Waals surface area contributed by atoms with Crippen molar-refractivity contribution in [3.8, 4) is 12.3 Å². The van der Waals surface area contributed by atoms with Gasteiger partial charge < -0.3 is 9.73 Å². The van der Waals surface area contributed by atoms with Crippen molar-refractivity contribution >= 4 is 11.0 Å². The summed E-state index contributed by atoms with van der Waals surface area (Å²) in [5.41, 5.74) is 2.11. The summed E-state index contributed by atoms with van der Waals surface area (Å²) in [6.45, 7) is 0. The molecule has 2 rings (SSSR count). The standard InChI is InChI=1S/C13H13NO/c1-3-12(14-2)8-10-4-5-11-6-7-15-13(11)9-10/h1,4-7,9,12,14H,8H2,2H3/t12-/m0/s1. The van der Waals surface area contributed by atoms with Gasteiger partial charge in [-0.15, -0.1) is 6.42 Å². The Morgan fingerprint density at radius 2 is 2.33 bits per heavy atom. The van der Waals surface area contributed by atoms with E-state index in [1.165, 1.54) is 5.56 Å². The number of fused-ring (bicyclic) bond motifs is 1. The Hall–Kier alpha value is -1.72. The summed E-state index contributed by atoms with van der Waals surface area (Å²) in [4.78, 5) is 0. The third kappa shape index (κ3) is 2.03. The van der Waals surface area contributed by atoms with Crippen molar-refractivity contribution in [1.29, 1.82) is 0 Å². The van der Waals surface area contributed by atoms with Crippen molar-refractivity contribution in [3.63, 3.8) is 0 Å². The van der Waals surface area contributed by atoms with Crippen molar-refractivity contribution in [1.82, 2.24) is 5.32 Å². The molecule has 1 aromatic heterocycles. The Morgan fingerprint density at radius 3 is 3.07 bits per heavy atom. The first-order chi connectivity index (χ1) is 7.33. The molecule has 0 saturated heterocycles. The molecule has 2 nitrogen and oxygen atoms in total. The van der Waals surface area contributed by atoms with Crippen molar-refractivity contribution in [2.75, 3.05) is 7.05 Å². The highest BCUT2D eigenvalue weighted by molar-refractivity contribution is 5.77. The van der Waals surface area contributed by atoms with Crippen LogP contribution in [0.1, 0.15) is 5.56 Å². The van der Waals surface area contributed by atoms with E-state index >= 15 is 0 Å². The molecule has 0 unspecified atom stereocenters. The first kappa shape index (κ1) is 9.82. The SMILES string of the molecule is C#C[C@@H](Cc1ccc2ccoc2c1)NC. The number of nitrogens with one attached hydrogen (secondary N) is 1. The third-order valence-corrected chi connectivity index (χ3v) is 2.51. The molecule has 0 spiro atoms. The minimum absolute atomic E-state index is 0.0809. The highest BCUT2D eigenvalue weighted by Crippen LogP contribution is 2.17. The van der Waals surface area contributed by atoms with E-state index in [9.17, 15) is 0 Å². The predicted molar refractivity (Wildman–Crippen MR) is 61.6 cm³/mol. The summed E-state index contributed by atoms with van der Waals surface area (Å²) in [7, 11) is 1.87. The first-order valence-electron chi connectivity index (χ1n) is 4.93. The summed E-state index contributed by atoms with van der Waals surface area (Å²) >= 11 is 0. The van der Waals surface area contributed by atoms with Crippen LogP contribution in [0, 0.1) is 12.3 Å². The molecule has 2 heteroatoms. The maximum Gasteiger partial charge on any atom is 0.134 e. The monoisotopic (exact) mass is 199 g/mol. The van der Waals surface area contributed by atoms with Gasteiger partial charge in [0.2, 0.25) is 0 Å². The van der Waals surface area contributed by atoms with Gasteiger partial charge in [0, 0.05) is 5.39 Å². The van der Waals surface area contributed by atoms with Crippen LogP contribution < -0.4 is 5.32 Å². The van der Waals surface area contributed by atoms with Gasteiger partial charge in [0.1, 0.15) is 5.58 Å². The number of benzene rings is 1. The lowest BCUT2D eigenvalue weighted by molar-refractivity contribution is 0.614. The van der Waals surface area contributed by atoms with Crippen LogP contribution >= 0.6 is 0 Å². The molecule has 0 aliphatic heterocycles. The molecule has 1 N–H and O–H groups in total. The molecule has 0 bridgehead atoms. The molecule has 76 valence electrons. The Labute approximate surface area is 89.3 Å². The summed E-state index contributed by atoms with van der Waals surface area (Å²) in [6, 6.07) is 8.21. The fraction of sp³-hybridized carbons (Fsp3) is 0.231. The molecular formula is C13H13NO. The van der Waals surface area contributed by atoms with Crippen LogP contribution in [0.25, 0.3) is 11.0 Å². The summed E-state index contributed by atoms with van der Waals surface area (Å²) in [5.74, 6) is 2.70. The molecule has 0 aliphatic rings. The van der Waals surface area contributed by atoms with E-state index in [2.05, 4.69) is 23.4 Å². The van der Waals surface area contributed by atoms with Crippen molar-refractivity contribution < 1.29 is 4.42 Å². The molecule has 0 radical (unpaired) electrons. The van der Waals surface area contributed by atoms with Gasteiger partial charge in [0.05, 0.1) is 12.3 Å². The second kappa shape index (κ2) is 4.20. The van der Waals surface area contributed by atoms with Gasteiger partial charge in [-0.2, -0.15) is 0 Å². The molecule has 1 heterocycles. The molecule has 15 heavy (non-hydrogen) atoms. The summed E-state index contributed by atoms with van der Waals surface area (Å²) < 4.78 is 5.34. The average Bonchev–Trinajstić information content (AvgIpc) is 2.73. The molecule has 0 amide bonds. The van der Waals surface area contributed by atoms with Gasteiger partial charge in [0.15, 0.2) is 0 Å². The van der Waals surface area contributed by atoms with E-state index in [-0.39, 0.29) is 6.04 Å². The third-order valence-electron chi connectivity index (χ3n) is 2.51. The van der Waals surface area contributed by atoms with Gasteiger partial charge in [-0.05, 0) is 31.2 Å². The quantitative estimate of drug-likeness (QED) is 0.766. The second-order valence-electron chi connectivity index (χ2n) is 3.50. The number of furan rings is 1. The summed E-state index contributed by atoms with van der Waals surface area (Å²) in [5, 5.41) is 4.20. The minimum Gasteiger partial charge on any atom is -0.464 e. The highest BCUT2D eigenvalue weighted by Gasteiger charge is 2.04. The largest absolute Gasteiger partial charge is 0.464 e. The van der Waals surface area contributed by atoms with E-state index in [0.717, 1.165) is 17.4 Å². The maximum absolute atomic E-state index is 5.39. The molecule has 1 atom stereocenters. The van der Waals surface area contributed by atoms with Crippen LogP contribution in [-0.2, 0) is 6.42 Å². The molecule has 0 saturated carbocycles. The molecule has 1 aromatic carbocycles. The van der Waals surface area contributed by atoms with Crippen molar-refractivity contribution in [2.24, 2.45) is 0 Å². The van der Waals surface area contributed by atoms with Crippen LogP contribution in [-0.4, -0.2) is 13.1 Å². The normalized spacial score (nSPS) is 12.5. The number of hydrogen-bond acceptors (Lipinski definition) is 2. The number of likely N-dealkylation sites (N-methyl/N-ethyl adjacent to an activating group) is 1. The molecule has 0 fully saturated rings.